The number of hydrogen-bond donors (Lipinski definition) is 5. The first-order valence-corrected chi connectivity index (χ1v) is 7.54. The van der Waals surface area contributed by atoms with Crippen LogP contribution in [-0.4, -0.2) is 134 Å². The first kappa shape index (κ1) is 28.4. The molecule has 6 N–H and O–H groups in total. The van der Waals surface area contributed by atoms with Crippen LogP contribution in [0.4, 0.5) is 0 Å². The quantitative estimate of drug-likeness (QED) is 0.158. The molecular formula is C10H23KN2O9P. The third-order valence-corrected chi connectivity index (χ3v) is 2.39. The fourth-order valence-corrected chi connectivity index (χ4v) is 1.49. The average molecular weight is 385 g/mol. The van der Waals surface area contributed by atoms with Gasteiger partial charge in [-0.15, -0.1) is 0 Å². The monoisotopic (exact) mass is 385 g/mol. The van der Waals surface area contributed by atoms with E-state index in [2.05, 4.69) is 4.52 Å². The molecule has 0 aromatic carbocycles. The van der Waals surface area contributed by atoms with Gasteiger partial charge in [-0.1, -0.05) is 0 Å². The normalized spacial score (nSPS) is 13.9. The molecule has 11 nitrogen and oxygen atoms in total. The molecule has 0 spiro atoms. The van der Waals surface area contributed by atoms with E-state index in [1.54, 1.807) is 0 Å². The Labute approximate surface area is 176 Å². The van der Waals surface area contributed by atoms with Crippen molar-refractivity contribution in [2.45, 2.75) is 18.6 Å². The molecule has 0 unspecified atom stereocenters. The summed E-state index contributed by atoms with van der Waals surface area (Å²) in [6, 6.07) is -1.41. The molecule has 0 heterocycles. The summed E-state index contributed by atoms with van der Waals surface area (Å²) in [7, 11) is 1.06. The van der Waals surface area contributed by atoms with Crippen LogP contribution in [-0.2, 0) is 18.7 Å². The van der Waals surface area contributed by atoms with Crippen LogP contribution < -0.4 is 10.8 Å². The van der Waals surface area contributed by atoms with Gasteiger partial charge in [0, 0.05) is 63.8 Å². The van der Waals surface area contributed by atoms with Crippen LogP contribution in [0.15, 0.2) is 0 Å². The van der Waals surface area contributed by atoms with Gasteiger partial charge in [0.15, 0.2) is 0 Å². The van der Waals surface area contributed by atoms with Gasteiger partial charge in [0.05, 0.1) is 27.7 Å². The minimum absolute atomic E-state index is 0. The molecule has 23 heavy (non-hydrogen) atoms. The van der Waals surface area contributed by atoms with Crippen LogP contribution in [0.5, 0.6) is 0 Å². The predicted molar refractivity (Wildman–Crippen MR) is 77.9 cm³/mol. The molecule has 13 heteroatoms. The molecule has 0 amide bonds. The number of aliphatic carboxylic acids is 2. The molecule has 0 rings (SSSR count). The number of phosphoric ester groups is 1. The smallest absolute Gasteiger partial charge is 0.469 e. The Morgan fingerprint density at radius 3 is 2.00 bits per heavy atom. The molecule has 0 aliphatic rings. The van der Waals surface area contributed by atoms with E-state index in [-0.39, 0.29) is 57.8 Å². The molecule has 0 aromatic heterocycles. The maximum Gasteiger partial charge on any atom is 0.469 e. The van der Waals surface area contributed by atoms with Crippen molar-refractivity contribution in [2.75, 3.05) is 34.3 Å². The minimum atomic E-state index is -4.60. The number of likely N-dealkylation sites (N-methyl/N-ethyl adjacent to an activating group) is 1. The van der Waals surface area contributed by atoms with Gasteiger partial charge in [0.1, 0.15) is 18.7 Å². The predicted octanol–water partition coefficient (Wildman–Crippen LogP) is -3.68. The zero-order valence-corrected chi connectivity index (χ0v) is 17.6. The number of aliphatic hydroxyl groups is 1. The van der Waals surface area contributed by atoms with Crippen molar-refractivity contribution in [3.05, 3.63) is 0 Å². The largest absolute Gasteiger partial charge is 0.550 e. The van der Waals surface area contributed by atoms with E-state index in [0.29, 0.717) is 11.0 Å². The number of nitrogens with two attached hydrogens (primary N) is 1. The minimum Gasteiger partial charge on any atom is -0.550 e. The van der Waals surface area contributed by atoms with E-state index in [0.717, 1.165) is 0 Å². The average Bonchev–Trinajstić information content (AvgIpc) is 2.21. The molecule has 0 aliphatic carbocycles. The Morgan fingerprint density at radius 2 is 1.74 bits per heavy atom. The molecule has 0 aliphatic heterocycles. The van der Waals surface area contributed by atoms with Crippen LogP contribution in [0.1, 0.15) is 6.42 Å². The zero-order chi connectivity index (χ0) is 18.1. The molecule has 133 valence electrons. The SMILES string of the molecule is C[N+](C)(C)C[C@H](O)CC(=O)[O-].N[C@@H](COP(=O)(O)O)C(=O)O.[K]. The summed E-state index contributed by atoms with van der Waals surface area (Å²) in [5.74, 6) is -2.58. The van der Waals surface area contributed by atoms with Crippen LogP contribution in [0.25, 0.3) is 0 Å². The fraction of sp³-hybridized carbons (Fsp3) is 0.800. The molecule has 0 bridgehead atoms. The van der Waals surface area contributed by atoms with Crippen molar-refractivity contribution in [3.63, 3.8) is 0 Å². The Morgan fingerprint density at radius 1 is 1.30 bits per heavy atom. The maximum absolute atomic E-state index is 10.0. The molecule has 0 saturated heterocycles. The molecule has 0 fully saturated rings. The van der Waals surface area contributed by atoms with Gasteiger partial charge in [-0.2, -0.15) is 0 Å². The summed E-state index contributed by atoms with van der Waals surface area (Å²) in [4.78, 5) is 36.2. The van der Waals surface area contributed by atoms with Gasteiger partial charge < -0.3 is 40.1 Å². The van der Waals surface area contributed by atoms with Crippen molar-refractivity contribution in [2.24, 2.45) is 5.73 Å². The van der Waals surface area contributed by atoms with Crippen molar-refractivity contribution < 1.29 is 48.3 Å². The van der Waals surface area contributed by atoms with Gasteiger partial charge in [-0.25, -0.2) is 4.57 Å². The molecule has 0 saturated carbocycles. The van der Waals surface area contributed by atoms with Gasteiger partial charge in [-0.3, -0.25) is 9.32 Å². The van der Waals surface area contributed by atoms with Crippen molar-refractivity contribution >= 4 is 71.1 Å². The second-order valence-electron chi connectivity index (χ2n) is 5.43. The number of carboxylic acids is 2. The van der Waals surface area contributed by atoms with E-state index in [1.165, 1.54) is 0 Å². The molecule has 2 atom stereocenters. The summed E-state index contributed by atoms with van der Waals surface area (Å²) >= 11 is 0. The number of quaternary nitrogens is 1. The van der Waals surface area contributed by atoms with Crippen LogP contribution >= 0.6 is 7.82 Å². The Bertz CT molecular complexity index is 410. The standard InChI is InChI=1S/C7H15NO3.C3H8NO6P.K/c1-8(2,3)5-6(9)4-7(10)11;4-2(3(5)6)1-10-11(7,8)9;/h6,9H,4-5H2,1-3H3;2H,1,4H2,(H,5,6)(H2,7,8,9);/t6-;2-;/m10./s1. The molecule has 1 radical (unpaired) electrons. The summed E-state index contributed by atoms with van der Waals surface area (Å²) in [6.45, 7) is -0.284. The second kappa shape index (κ2) is 12.9. The third-order valence-electron chi connectivity index (χ3n) is 1.90. The number of hydrogen-bond acceptors (Lipinski definition) is 7. The number of rotatable bonds is 8. The van der Waals surface area contributed by atoms with Gasteiger partial charge in [-0.05, 0) is 0 Å². The summed E-state index contributed by atoms with van der Waals surface area (Å²) < 4.78 is 14.3. The van der Waals surface area contributed by atoms with Crippen LogP contribution in [0, 0.1) is 0 Å². The Hall–Kier alpha value is 0.566. The summed E-state index contributed by atoms with van der Waals surface area (Å²) in [5.41, 5.74) is 4.86. The maximum atomic E-state index is 10.0. The van der Waals surface area contributed by atoms with E-state index in [4.69, 9.17) is 25.7 Å². The zero-order valence-electron chi connectivity index (χ0n) is 13.6. The van der Waals surface area contributed by atoms with Crippen molar-refractivity contribution in [1.29, 1.82) is 0 Å². The topological polar surface area (TPSA) is 190 Å². The van der Waals surface area contributed by atoms with E-state index < -0.39 is 38.5 Å². The fourth-order valence-electron chi connectivity index (χ4n) is 1.14. The Balaban J connectivity index is -0.000000333. The third kappa shape index (κ3) is 24.9. The van der Waals surface area contributed by atoms with E-state index >= 15 is 0 Å². The molecular weight excluding hydrogens is 362 g/mol. The number of aliphatic hydroxyl groups excluding tert-OH is 1. The number of phosphoric acid groups is 1. The summed E-state index contributed by atoms with van der Waals surface area (Å²) in [5, 5.41) is 27.3. The first-order chi connectivity index (χ1) is 9.64. The van der Waals surface area contributed by atoms with Crippen LogP contribution in [0.2, 0.25) is 0 Å². The Kier molecular flexibility index (Phi) is 15.9. The van der Waals surface area contributed by atoms with Gasteiger partial charge >= 0.3 is 13.8 Å². The van der Waals surface area contributed by atoms with E-state index in [9.17, 15) is 19.3 Å². The van der Waals surface area contributed by atoms with E-state index in [1.807, 2.05) is 21.1 Å². The van der Waals surface area contributed by atoms with Crippen molar-refractivity contribution in [1.82, 2.24) is 0 Å². The number of carbonyl (C=O) groups is 2. The van der Waals surface area contributed by atoms with Gasteiger partial charge in [0.2, 0.25) is 0 Å². The van der Waals surface area contributed by atoms with Crippen LogP contribution in [0.3, 0.4) is 0 Å². The number of carboxylic acid groups (broad SMARTS) is 2. The van der Waals surface area contributed by atoms with Crippen molar-refractivity contribution in [3.8, 4) is 0 Å². The number of nitrogens with zero attached hydrogens (tertiary/aromatic N) is 1. The van der Waals surface area contributed by atoms with Gasteiger partial charge in [0.25, 0.3) is 0 Å². The second-order valence-corrected chi connectivity index (χ2v) is 6.67. The molecule has 0 aromatic rings. The summed E-state index contributed by atoms with van der Waals surface area (Å²) in [6.07, 6.45) is -1.09. The number of carbonyl (C=O) groups excluding carboxylic acids is 1. The first-order valence-electron chi connectivity index (χ1n) is 6.01.